The molecule has 3 amide bonds. The Balaban J connectivity index is 1.62. The van der Waals surface area contributed by atoms with Gasteiger partial charge in [0.2, 0.25) is 18.2 Å². The Bertz CT molecular complexity index is 873. The monoisotopic (exact) mass is 412 g/mol. The number of carbonyl (C=O) groups excluding carboxylic acids is 3. The smallest absolute Gasteiger partial charge is 0.245 e. The number of thiophene rings is 1. The average Bonchev–Trinajstić information content (AvgIpc) is 3.23. The lowest BCUT2D eigenvalue weighted by molar-refractivity contribution is -0.196. The molecule has 0 radical (unpaired) electrons. The fourth-order valence-corrected chi connectivity index (χ4v) is 4.82. The third-order valence-corrected chi connectivity index (χ3v) is 6.51. The minimum Gasteiger partial charge on any atom is -0.337 e. The van der Waals surface area contributed by atoms with Gasteiger partial charge in [-0.15, -0.1) is 11.3 Å². The van der Waals surface area contributed by atoms with E-state index in [0.717, 1.165) is 18.4 Å². The van der Waals surface area contributed by atoms with Gasteiger partial charge >= 0.3 is 0 Å². The summed E-state index contributed by atoms with van der Waals surface area (Å²) in [6.45, 7) is 0.979. The number of hydrogen-bond acceptors (Lipinski definition) is 5. The van der Waals surface area contributed by atoms with E-state index in [1.165, 1.54) is 9.89 Å². The van der Waals surface area contributed by atoms with Crippen LogP contribution in [0.5, 0.6) is 0 Å². The number of benzene rings is 1. The van der Waals surface area contributed by atoms with Crippen LogP contribution in [-0.2, 0) is 27.2 Å². The highest BCUT2D eigenvalue weighted by Crippen LogP contribution is 2.27. The molecule has 7 nitrogen and oxygen atoms in total. The maximum absolute atomic E-state index is 13.4. The van der Waals surface area contributed by atoms with E-state index in [-0.39, 0.29) is 18.4 Å². The SMILES string of the molecule is CN1CC(=O)N2C(CN(CCc3cccs3)C(=O)[C@@H]2Cc2ccccc2)N1C=O. The maximum atomic E-state index is 13.4. The number of amides is 3. The fraction of sp³-hybridized carbons (Fsp3) is 0.381. The van der Waals surface area contributed by atoms with Crippen molar-refractivity contribution < 1.29 is 14.4 Å². The van der Waals surface area contributed by atoms with Crippen molar-refractivity contribution >= 4 is 29.6 Å². The molecule has 29 heavy (non-hydrogen) atoms. The molecular formula is C21H24N4O3S. The summed E-state index contributed by atoms with van der Waals surface area (Å²) < 4.78 is 0. The molecule has 1 unspecified atom stereocenters. The van der Waals surface area contributed by atoms with Gasteiger partial charge in [0.05, 0.1) is 13.1 Å². The number of hydrogen-bond donors (Lipinski definition) is 0. The van der Waals surface area contributed by atoms with Crippen molar-refractivity contribution in [2.24, 2.45) is 0 Å². The zero-order valence-electron chi connectivity index (χ0n) is 16.3. The topological polar surface area (TPSA) is 64.2 Å². The Hall–Kier alpha value is -2.71. The van der Waals surface area contributed by atoms with E-state index in [1.54, 1.807) is 33.2 Å². The second-order valence-electron chi connectivity index (χ2n) is 7.40. The molecule has 3 heterocycles. The van der Waals surface area contributed by atoms with Crippen LogP contribution in [0.1, 0.15) is 10.4 Å². The van der Waals surface area contributed by atoms with E-state index >= 15 is 0 Å². The fourth-order valence-electron chi connectivity index (χ4n) is 4.13. The van der Waals surface area contributed by atoms with Crippen molar-refractivity contribution in [1.82, 2.24) is 19.8 Å². The minimum atomic E-state index is -0.608. The first kappa shape index (κ1) is 19.6. The summed E-state index contributed by atoms with van der Waals surface area (Å²) in [5.41, 5.74) is 0.995. The molecule has 1 aromatic heterocycles. The maximum Gasteiger partial charge on any atom is 0.245 e. The van der Waals surface area contributed by atoms with Gasteiger partial charge in [-0.3, -0.25) is 19.4 Å². The first-order valence-electron chi connectivity index (χ1n) is 9.69. The second kappa shape index (κ2) is 8.34. The summed E-state index contributed by atoms with van der Waals surface area (Å²) >= 11 is 1.67. The predicted octanol–water partition coefficient (Wildman–Crippen LogP) is 1.22. The van der Waals surface area contributed by atoms with E-state index in [9.17, 15) is 14.4 Å². The lowest BCUT2D eigenvalue weighted by Crippen LogP contribution is -2.74. The molecule has 0 spiro atoms. The van der Waals surface area contributed by atoms with Crippen LogP contribution in [0.15, 0.2) is 47.8 Å². The zero-order chi connectivity index (χ0) is 20.4. The first-order valence-corrected chi connectivity index (χ1v) is 10.6. The number of nitrogens with zero attached hydrogens (tertiary/aromatic N) is 4. The van der Waals surface area contributed by atoms with Crippen LogP contribution in [0.3, 0.4) is 0 Å². The summed E-state index contributed by atoms with van der Waals surface area (Å²) in [6, 6.07) is 13.2. The van der Waals surface area contributed by atoms with E-state index in [0.29, 0.717) is 19.5 Å². The standard InChI is InChI=1S/C21H24N4O3S/c1-22-14-20(27)25-18(12-16-6-3-2-4-7-16)21(28)23(13-19(25)24(22)15-26)10-9-17-8-5-11-29-17/h2-8,11,15,18-19H,9-10,12-14H2,1H3/t18-,19?/m0/s1. The summed E-state index contributed by atoms with van der Waals surface area (Å²) in [4.78, 5) is 42.7. The summed E-state index contributed by atoms with van der Waals surface area (Å²) in [7, 11) is 1.72. The van der Waals surface area contributed by atoms with E-state index in [1.807, 2.05) is 41.8 Å². The molecule has 0 aliphatic carbocycles. The van der Waals surface area contributed by atoms with Gasteiger partial charge in [0.1, 0.15) is 12.2 Å². The number of piperazine rings is 1. The number of rotatable bonds is 6. The molecule has 2 saturated heterocycles. The molecule has 152 valence electrons. The summed E-state index contributed by atoms with van der Waals surface area (Å²) in [6.07, 6.45) is 1.47. The first-order chi connectivity index (χ1) is 14.1. The summed E-state index contributed by atoms with van der Waals surface area (Å²) in [5.74, 6) is -0.173. The molecule has 2 aliphatic rings. The largest absolute Gasteiger partial charge is 0.337 e. The van der Waals surface area contributed by atoms with Gasteiger partial charge in [-0.1, -0.05) is 36.4 Å². The highest BCUT2D eigenvalue weighted by atomic mass is 32.1. The number of hydrazine groups is 1. The van der Waals surface area contributed by atoms with Crippen molar-refractivity contribution in [1.29, 1.82) is 0 Å². The molecule has 4 rings (SSSR count). The highest BCUT2D eigenvalue weighted by molar-refractivity contribution is 7.09. The lowest BCUT2D eigenvalue weighted by atomic mass is 9.99. The average molecular weight is 413 g/mol. The van der Waals surface area contributed by atoms with Gasteiger partial charge in [0, 0.05) is 24.9 Å². The van der Waals surface area contributed by atoms with Gasteiger partial charge in [-0.05, 0) is 23.4 Å². The third kappa shape index (κ3) is 3.90. The molecular weight excluding hydrogens is 388 g/mol. The molecule has 2 atom stereocenters. The molecule has 2 aromatic rings. The molecule has 2 aliphatic heterocycles. The van der Waals surface area contributed by atoms with Crippen molar-refractivity contribution in [3.05, 3.63) is 58.3 Å². The van der Waals surface area contributed by atoms with Crippen molar-refractivity contribution in [2.75, 3.05) is 26.7 Å². The Morgan fingerprint density at radius 3 is 2.62 bits per heavy atom. The van der Waals surface area contributed by atoms with Crippen molar-refractivity contribution in [3.63, 3.8) is 0 Å². The Kier molecular flexibility index (Phi) is 5.64. The van der Waals surface area contributed by atoms with Gasteiger partial charge < -0.3 is 9.80 Å². The normalized spacial score (nSPS) is 22.7. The Morgan fingerprint density at radius 2 is 1.93 bits per heavy atom. The van der Waals surface area contributed by atoms with Crippen LogP contribution in [0.2, 0.25) is 0 Å². The Labute approximate surface area is 174 Å². The Morgan fingerprint density at radius 1 is 1.14 bits per heavy atom. The predicted molar refractivity (Wildman–Crippen MR) is 110 cm³/mol. The van der Waals surface area contributed by atoms with E-state index in [4.69, 9.17) is 0 Å². The molecule has 2 fully saturated rings. The molecule has 1 aromatic carbocycles. The van der Waals surface area contributed by atoms with Crippen LogP contribution < -0.4 is 0 Å². The van der Waals surface area contributed by atoms with Gasteiger partial charge in [-0.25, -0.2) is 5.01 Å². The molecule has 0 saturated carbocycles. The molecule has 0 bridgehead atoms. The number of likely N-dealkylation sites (N-methyl/N-ethyl adjacent to an activating group) is 1. The van der Waals surface area contributed by atoms with Crippen molar-refractivity contribution in [3.8, 4) is 0 Å². The van der Waals surface area contributed by atoms with Crippen LogP contribution in [0.25, 0.3) is 0 Å². The van der Waals surface area contributed by atoms with Crippen molar-refractivity contribution in [2.45, 2.75) is 25.0 Å². The van der Waals surface area contributed by atoms with Gasteiger partial charge in [-0.2, -0.15) is 0 Å². The minimum absolute atomic E-state index is 0.0505. The lowest BCUT2D eigenvalue weighted by Gasteiger charge is -2.53. The molecule has 8 heteroatoms. The quantitative estimate of drug-likeness (QED) is 0.670. The number of carbonyl (C=O) groups is 3. The van der Waals surface area contributed by atoms with Crippen LogP contribution >= 0.6 is 11.3 Å². The molecule has 0 N–H and O–H groups in total. The van der Waals surface area contributed by atoms with Gasteiger partial charge in [0.15, 0.2) is 0 Å². The highest BCUT2D eigenvalue weighted by Gasteiger charge is 2.48. The summed E-state index contributed by atoms with van der Waals surface area (Å²) in [5, 5.41) is 5.18. The van der Waals surface area contributed by atoms with Crippen LogP contribution in [0, 0.1) is 0 Å². The third-order valence-electron chi connectivity index (χ3n) is 5.58. The van der Waals surface area contributed by atoms with Crippen LogP contribution in [-0.4, -0.2) is 76.9 Å². The van der Waals surface area contributed by atoms with Gasteiger partial charge in [0.25, 0.3) is 0 Å². The second-order valence-corrected chi connectivity index (χ2v) is 8.43. The zero-order valence-corrected chi connectivity index (χ0v) is 17.1. The van der Waals surface area contributed by atoms with E-state index in [2.05, 4.69) is 6.07 Å². The van der Waals surface area contributed by atoms with Crippen LogP contribution in [0.4, 0.5) is 0 Å². The number of fused-ring (bicyclic) bond motifs is 1. The van der Waals surface area contributed by atoms with E-state index < -0.39 is 12.2 Å².